The maximum absolute atomic E-state index is 13.3. The maximum atomic E-state index is 13.3. The molecule has 0 saturated heterocycles. The van der Waals surface area contributed by atoms with Crippen molar-refractivity contribution in [3.8, 4) is 0 Å². The van der Waals surface area contributed by atoms with E-state index in [4.69, 9.17) is 11.6 Å². The van der Waals surface area contributed by atoms with Crippen molar-refractivity contribution in [3.63, 3.8) is 0 Å². The topological polar surface area (TPSA) is 48.0 Å². The van der Waals surface area contributed by atoms with Crippen molar-refractivity contribution in [1.29, 1.82) is 0 Å². The molecule has 4 aromatic rings. The van der Waals surface area contributed by atoms with Gasteiger partial charge in [-0.25, -0.2) is 9.50 Å². The largest absolute Gasteiger partial charge is 0.435 e. The van der Waals surface area contributed by atoms with Crippen LogP contribution in [-0.4, -0.2) is 30.6 Å². The minimum atomic E-state index is -4.86. The molecule has 162 valence electrons. The first-order chi connectivity index (χ1) is 14.5. The van der Waals surface area contributed by atoms with E-state index in [1.807, 2.05) is 0 Å². The van der Waals surface area contributed by atoms with E-state index in [-0.39, 0.29) is 27.9 Å². The SMILES string of the molecule is FC(F)(F)Cn1nc(C(F)(F)F)c2ccc([C@H]3C[C@@H]3c3cc(Cl)nn4ccnc34)cc21. The Bertz CT molecular complexity index is 1310. The summed E-state index contributed by atoms with van der Waals surface area (Å²) in [6.45, 7) is -1.61. The van der Waals surface area contributed by atoms with E-state index < -0.39 is 24.6 Å². The third-order valence-electron chi connectivity index (χ3n) is 5.35. The number of alkyl halides is 6. The summed E-state index contributed by atoms with van der Waals surface area (Å²) < 4.78 is 80.5. The first-order valence-corrected chi connectivity index (χ1v) is 9.53. The van der Waals surface area contributed by atoms with Crippen LogP contribution in [0.4, 0.5) is 26.3 Å². The number of fused-ring (bicyclic) bond motifs is 2. The predicted molar refractivity (Wildman–Crippen MR) is 98.9 cm³/mol. The molecule has 1 saturated carbocycles. The second-order valence-electron chi connectivity index (χ2n) is 7.46. The smallest absolute Gasteiger partial charge is 0.255 e. The van der Waals surface area contributed by atoms with Gasteiger partial charge in [0.1, 0.15) is 11.7 Å². The fourth-order valence-electron chi connectivity index (χ4n) is 4.01. The average molecular weight is 460 g/mol. The number of aromatic nitrogens is 5. The molecule has 1 aliphatic carbocycles. The summed E-state index contributed by atoms with van der Waals surface area (Å²) in [6, 6.07) is 5.74. The number of halogens is 7. The Labute approximate surface area is 175 Å². The Balaban J connectivity index is 1.56. The van der Waals surface area contributed by atoms with Crippen LogP contribution >= 0.6 is 11.6 Å². The molecule has 3 aromatic heterocycles. The summed E-state index contributed by atoms with van der Waals surface area (Å²) in [6.07, 6.45) is -5.70. The summed E-state index contributed by atoms with van der Waals surface area (Å²) >= 11 is 6.07. The summed E-state index contributed by atoms with van der Waals surface area (Å²) in [5.74, 6) is -0.115. The zero-order chi connectivity index (χ0) is 22.1. The fourth-order valence-corrected chi connectivity index (χ4v) is 4.21. The third-order valence-corrected chi connectivity index (χ3v) is 5.53. The molecule has 5 rings (SSSR count). The second kappa shape index (κ2) is 6.59. The van der Waals surface area contributed by atoms with Crippen LogP contribution in [0.3, 0.4) is 0 Å². The molecule has 0 unspecified atom stereocenters. The number of hydrogen-bond acceptors (Lipinski definition) is 3. The lowest BCUT2D eigenvalue weighted by molar-refractivity contribution is -0.148. The lowest BCUT2D eigenvalue weighted by atomic mass is 10.0. The van der Waals surface area contributed by atoms with Crippen molar-refractivity contribution in [3.05, 3.63) is 58.6 Å². The van der Waals surface area contributed by atoms with Crippen LogP contribution in [0, 0.1) is 0 Å². The lowest BCUT2D eigenvalue weighted by Crippen LogP contribution is -2.19. The number of imidazole rings is 1. The molecule has 0 radical (unpaired) electrons. The molecule has 3 heterocycles. The Morgan fingerprint density at radius 1 is 1.03 bits per heavy atom. The summed E-state index contributed by atoms with van der Waals surface area (Å²) in [5, 5.41) is 7.24. The lowest BCUT2D eigenvalue weighted by Gasteiger charge is -2.08. The van der Waals surface area contributed by atoms with Gasteiger partial charge in [-0.3, -0.25) is 4.68 Å². The number of hydrogen-bond donors (Lipinski definition) is 0. The number of rotatable bonds is 3. The molecule has 0 amide bonds. The standard InChI is InChI=1S/C19H12ClF6N5/c20-15-7-13(17-27-3-4-30(17)28-15)12-6-11(12)9-1-2-10-14(5-9)31(8-18(21,22)23)29-16(10)19(24,25)26/h1-5,7,11-12H,6,8H2/t11-,12+/m1/s1. The molecule has 31 heavy (non-hydrogen) atoms. The second-order valence-corrected chi connectivity index (χ2v) is 7.85. The number of benzene rings is 1. The molecular formula is C19H12ClF6N5. The van der Waals surface area contributed by atoms with E-state index in [9.17, 15) is 26.3 Å². The van der Waals surface area contributed by atoms with E-state index in [2.05, 4.69) is 15.2 Å². The highest BCUT2D eigenvalue weighted by Gasteiger charge is 2.43. The number of nitrogens with zero attached hydrogens (tertiary/aromatic N) is 5. The van der Waals surface area contributed by atoms with E-state index in [0.717, 1.165) is 5.56 Å². The van der Waals surface area contributed by atoms with Gasteiger partial charge >= 0.3 is 12.4 Å². The van der Waals surface area contributed by atoms with E-state index in [0.29, 0.717) is 22.3 Å². The van der Waals surface area contributed by atoms with Crippen LogP contribution in [0.5, 0.6) is 0 Å². The Hall–Kier alpha value is -2.82. The molecule has 1 fully saturated rings. The van der Waals surface area contributed by atoms with Crippen molar-refractivity contribution in [2.75, 3.05) is 0 Å². The van der Waals surface area contributed by atoms with Gasteiger partial charge in [0, 0.05) is 23.3 Å². The minimum absolute atomic E-state index is 0.0241. The van der Waals surface area contributed by atoms with Gasteiger partial charge in [-0.05, 0) is 36.0 Å². The van der Waals surface area contributed by atoms with Gasteiger partial charge in [0.25, 0.3) is 0 Å². The highest BCUT2D eigenvalue weighted by atomic mass is 35.5. The van der Waals surface area contributed by atoms with Crippen molar-refractivity contribution in [2.45, 2.75) is 37.2 Å². The van der Waals surface area contributed by atoms with Gasteiger partial charge in [0.05, 0.1) is 5.52 Å². The monoisotopic (exact) mass is 459 g/mol. The molecule has 2 atom stereocenters. The normalized spacial score (nSPS) is 19.5. The predicted octanol–water partition coefficient (Wildman–Crippen LogP) is 5.58. The first kappa shape index (κ1) is 20.1. The van der Waals surface area contributed by atoms with Crippen LogP contribution in [0.1, 0.15) is 35.1 Å². The molecule has 5 nitrogen and oxygen atoms in total. The van der Waals surface area contributed by atoms with Crippen LogP contribution in [0.25, 0.3) is 16.6 Å². The minimum Gasteiger partial charge on any atom is -0.255 e. The van der Waals surface area contributed by atoms with Crippen molar-refractivity contribution >= 4 is 28.2 Å². The van der Waals surface area contributed by atoms with Crippen molar-refractivity contribution < 1.29 is 26.3 Å². The van der Waals surface area contributed by atoms with Crippen LogP contribution in [0.2, 0.25) is 5.15 Å². The van der Waals surface area contributed by atoms with Gasteiger partial charge in [0.2, 0.25) is 0 Å². The zero-order valence-corrected chi connectivity index (χ0v) is 16.2. The summed E-state index contributed by atoms with van der Waals surface area (Å²) in [7, 11) is 0. The molecule has 0 aliphatic heterocycles. The van der Waals surface area contributed by atoms with Gasteiger partial charge in [-0.2, -0.15) is 36.5 Å². The molecule has 1 aromatic carbocycles. The molecule has 1 aliphatic rings. The van der Waals surface area contributed by atoms with E-state index in [1.54, 1.807) is 18.5 Å². The molecule has 0 N–H and O–H groups in total. The Kier molecular flexibility index (Phi) is 4.27. The molecule has 12 heteroatoms. The van der Waals surface area contributed by atoms with Gasteiger partial charge in [-0.15, -0.1) is 0 Å². The van der Waals surface area contributed by atoms with Crippen molar-refractivity contribution in [1.82, 2.24) is 24.4 Å². The Morgan fingerprint density at radius 2 is 1.81 bits per heavy atom. The molecule has 0 spiro atoms. The highest BCUT2D eigenvalue weighted by molar-refractivity contribution is 6.29. The van der Waals surface area contributed by atoms with Crippen LogP contribution in [-0.2, 0) is 12.7 Å². The van der Waals surface area contributed by atoms with E-state index >= 15 is 0 Å². The van der Waals surface area contributed by atoms with Gasteiger partial charge in [-0.1, -0.05) is 23.7 Å². The fraction of sp³-hybridized carbons (Fsp3) is 0.316. The summed E-state index contributed by atoms with van der Waals surface area (Å²) in [4.78, 5) is 4.26. The van der Waals surface area contributed by atoms with Crippen molar-refractivity contribution in [2.24, 2.45) is 0 Å². The summed E-state index contributed by atoms with van der Waals surface area (Å²) in [5.41, 5.74) is 0.540. The third kappa shape index (κ3) is 3.60. The Morgan fingerprint density at radius 3 is 2.52 bits per heavy atom. The first-order valence-electron chi connectivity index (χ1n) is 9.15. The highest BCUT2D eigenvalue weighted by Crippen LogP contribution is 2.56. The van der Waals surface area contributed by atoms with Crippen LogP contribution < -0.4 is 0 Å². The maximum Gasteiger partial charge on any atom is 0.435 e. The van der Waals surface area contributed by atoms with Gasteiger partial charge in [0.15, 0.2) is 11.3 Å². The zero-order valence-electron chi connectivity index (χ0n) is 15.4. The molecule has 0 bridgehead atoms. The van der Waals surface area contributed by atoms with Gasteiger partial charge < -0.3 is 0 Å². The molecular weight excluding hydrogens is 448 g/mol. The van der Waals surface area contributed by atoms with Crippen LogP contribution in [0.15, 0.2) is 36.7 Å². The average Bonchev–Trinajstić information content (AvgIpc) is 3.17. The quantitative estimate of drug-likeness (QED) is 0.376. The van der Waals surface area contributed by atoms with E-state index in [1.165, 1.54) is 22.7 Å².